The number of aliphatic hydroxyl groups is 1. The largest absolute Gasteiger partial charge is 0.495 e. The molecule has 0 atom stereocenters. The predicted molar refractivity (Wildman–Crippen MR) is 77.6 cm³/mol. The molecule has 0 fully saturated rings. The second-order valence-electron chi connectivity index (χ2n) is 4.41. The molecule has 0 amide bonds. The second-order valence-corrected chi connectivity index (χ2v) is 4.41. The van der Waals surface area contributed by atoms with Crippen molar-refractivity contribution in [3.05, 3.63) is 47.5 Å². The predicted octanol–water partition coefficient (Wildman–Crippen LogP) is 1.98. The van der Waals surface area contributed by atoms with E-state index in [-0.39, 0.29) is 6.61 Å². The van der Waals surface area contributed by atoms with Gasteiger partial charge in [-0.25, -0.2) is 4.98 Å². The summed E-state index contributed by atoms with van der Waals surface area (Å²) in [7, 11) is 1.63. The lowest BCUT2D eigenvalue weighted by atomic mass is 10.1. The Bertz CT molecular complexity index is 635. The van der Waals surface area contributed by atoms with E-state index >= 15 is 0 Å². The fourth-order valence-corrected chi connectivity index (χ4v) is 1.93. The zero-order valence-electron chi connectivity index (χ0n) is 11.8. The molecule has 0 aliphatic carbocycles. The van der Waals surface area contributed by atoms with Crippen molar-refractivity contribution in [2.75, 3.05) is 13.7 Å². The van der Waals surface area contributed by atoms with E-state index in [1.165, 1.54) is 0 Å². The first-order valence-corrected chi connectivity index (χ1v) is 6.49. The van der Waals surface area contributed by atoms with E-state index in [0.29, 0.717) is 6.42 Å². The van der Waals surface area contributed by atoms with Crippen LogP contribution in [0.4, 0.5) is 0 Å². The summed E-state index contributed by atoms with van der Waals surface area (Å²) in [5.74, 6) is 7.70. The third-order valence-electron chi connectivity index (χ3n) is 3.00. The fraction of sp³-hybridized carbons (Fsp3) is 0.312. The molecule has 20 heavy (non-hydrogen) atoms. The van der Waals surface area contributed by atoms with E-state index in [9.17, 15) is 0 Å². The van der Waals surface area contributed by atoms with Crippen LogP contribution in [0.2, 0.25) is 0 Å². The summed E-state index contributed by atoms with van der Waals surface area (Å²) < 4.78 is 7.38. The number of imidazole rings is 1. The number of methoxy groups -OCH3 is 1. The Morgan fingerprint density at radius 1 is 1.40 bits per heavy atom. The quantitative estimate of drug-likeness (QED) is 0.864. The second kappa shape index (κ2) is 6.78. The first-order valence-electron chi connectivity index (χ1n) is 6.49. The van der Waals surface area contributed by atoms with Crippen molar-refractivity contribution in [3.8, 4) is 17.6 Å². The highest BCUT2D eigenvalue weighted by molar-refractivity contribution is 5.48. The van der Waals surface area contributed by atoms with Crippen LogP contribution in [-0.4, -0.2) is 28.4 Å². The van der Waals surface area contributed by atoms with Crippen LogP contribution in [0.3, 0.4) is 0 Å². The Hall–Kier alpha value is -2.25. The van der Waals surface area contributed by atoms with Gasteiger partial charge in [-0.3, -0.25) is 0 Å². The Morgan fingerprint density at radius 2 is 2.25 bits per heavy atom. The van der Waals surface area contributed by atoms with Crippen molar-refractivity contribution in [1.82, 2.24) is 9.55 Å². The van der Waals surface area contributed by atoms with Crippen LogP contribution in [0.15, 0.2) is 30.6 Å². The van der Waals surface area contributed by atoms with Gasteiger partial charge in [0.1, 0.15) is 11.6 Å². The molecule has 0 aliphatic rings. The van der Waals surface area contributed by atoms with Crippen LogP contribution in [0.25, 0.3) is 0 Å². The van der Waals surface area contributed by atoms with Crippen molar-refractivity contribution >= 4 is 0 Å². The molecule has 0 bridgehead atoms. The molecule has 0 saturated carbocycles. The van der Waals surface area contributed by atoms with Crippen LogP contribution in [0.5, 0.6) is 5.75 Å². The van der Waals surface area contributed by atoms with Crippen LogP contribution >= 0.6 is 0 Å². The molecule has 1 aromatic heterocycles. The number of hydrogen-bond acceptors (Lipinski definition) is 3. The topological polar surface area (TPSA) is 47.3 Å². The van der Waals surface area contributed by atoms with Gasteiger partial charge in [-0.1, -0.05) is 17.9 Å². The standard InChI is InChI=1S/C16H18N2O2/c1-13-17-8-9-18(13)12-14-6-7-16(20-2)15(11-14)5-3-4-10-19/h6-9,11,19H,4,10,12H2,1-2H3. The normalized spacial score (nSPS) is 9.95. The smallest absolute Gasteiger partial charge is 0.134 e. The van der Waals surface area contributed by atoms with Crippen molar-refractivity contribution < 1.29 is 9.84 Å². The number of aryl methyl sites for hydroxylation is 1. The summed E-state index contributed by atoms with van der Waals surface area (Å²) in [5, 5.41) is 8.78. The molecule has 0 radical (unpaired) electrons. The highest BCUT2D eigenvalue weighted by Gasteiger charge is 2.04. The molecular weight excluding hydrogens is 252 g/mol. The number of nitrogens with zero attached hydrogens (tertiary/aromatic N) is 2. The van der Waals surface area contributed by atoms with Crippen LogP contribution < -0.4 is 4.74 Å². The van der Waals surface area contributed by atoms with Gasteiger partial charge in [-0.2, -0.15) is 0 Å². The minimum atomic E-state index is 0.0727. The SMILES string of the molecule is COc1ccc(Cn2ccnc2C)cc1C#CCCO. The Labute approximate surface area is 119 Å². The minimum Gasteiger partial charge on any atom is -0.495 e. The number of hydrogen-bond donors (Lipinski definition) is 1. The fourth-order valence-electron chi connectivity index (χ4n) is 1.93. The molecule has 0 aliphatic heterocycles. The lowest BCUT2D eigenvalue weighted by Gasteiger charge is -2.08. The monoisotopic (exact) mass is 270 g/mol. The van der Waals surface area contributed by atoms with Crippen LogP contribution in [0.1, 0.15) is 23.4 Å². The molecule has 2 rings (SSSR count). The minimum absolute atomic E-state index is 0.0727. The number of aromatic nitrogens is 2. The third-order valence-corrected chi connectivity index (χ3v) is 3.00. The highest BCUT2D eigenvalue weighted by Crippen LogP contribution is 2.19. The molecule has 4 heteroatoms. The summed E-state index contributed by atoms with van der Waals surface area (Å²) in [6, 6.07) is 5.96. The van der Waals surface area contributed by atoms with Gasteiger partial charge in [-0.05, 0) is 24.6 Å². The van der Waals surface area contributed by atoms with Gasteiger partial charge in [0.15, 0.2) is 0 Å². The zero-order valence-corrected chi connectivity index (χ0v) is 11.8. The summed E-state index contributed by atoms with van der Waals surface area (Å²) in [6.07, 6.45) is 4.21. The average molecular weight is 270 g/mol. The van der Waals surface area contributed by atoms with E-state index in [1.807, 2.05) is 31.3 Å². The maximum absolute atomic E-state index is 8.78. The zero-order chi connectivity index (χ0) is 14.4. The lowest BCUT2D eigenvalue weighted by molar-refractivity contribution is 0.305. The molecule has 0 spiro atoms. The molecule has 0 unspecified atom stereocenters. The molecule has 1 aromatic carbocycles. The maximum atomic E-state index is 8.78. The molecule has 1 N–H and O–H groups in total. The summed E-state index contributed by atoms with van der Waals surface area (Å²) in [5.41, 5.74) is 1.98. The van der Waals surface area contributed by atoms with Gasteiger partial charge >= 0.3 is 0 Å². The van der Waals surface area contributed by atoms with E-state index in [1.54, 1.807) is 13.3 Å². The molecule has 4 nitrogen and oxygen atoms in total. The number of aliphatic hydroxyl groups excluding tert-OH is 1. The first kappa shape index (κ1) is 14.2. The highest BCUT2D eigenvalue weighted by atomic mass is 16.5. The van der Waals surface area contributed by atoms with Gasteiger partial charge in [0.05, 0.1) is 19.3 Å². The molecule has 0 saturated heterocycles. The van der Waals surface area contributed by atoms with Gasteiger partial charge in [-0.15, -0.1) is 0 Å². The van der Waals surface area contributed by atoms with Crippen molar-refractivity contribution in [3.63, 3.8) is 0 Å². The molecular formula is C16H18N2O2. The van der Waals surface area contributed by atoms with Gasteiger partial charge in [0.2, 0.25) is 0 Å². The van der Waals surface area contributed by atoms with Crippen molar-refractivity contribution in [2.45, 2.75) is 19.9 Å². The molecule has 104 valence electrons. The first-order chi connectivity index (χ1) is 9.74. The molecule has 1 heterocycles. The summed E-state index contributed by atoms with van der Waals surface area (Å²) in [6.45, 7) is 2.80. The van der Waals surface area contributed by atoms with Gasteiger partial charge < -0.3 is 14.4 Å². The number of benzene rings is 1. The third kappa shape index (κ3) is 3.40. The van der Waals surface area contributed by atoms with E-state index in [4.69, 9.17) is 9.84 Å². The Balaban J connectivity index is 2.25. The maximum Gasteiger partial charge on any atom is 0.134 e. The average Bonchev–Trinajstić information content (AvgIpc) is 2.85. The summed E-state index contributed by atoms with van der Waals surface area (Å²) >= 11 is 0. The lowest BCUT2D eigenvalue weighted by Crippen LogP contribution is -2.01. The van der Waals surface area contributed by atoms with Gasteiger partial charge in [0.25, 0.3) is 0 Å². The van der Waals surface area contributed by atoms with Crippen molar-refractivity contribution in [2.24, 2.45) is 0 Å². The van der Waals surface area contributed by atoms with E-state index in [2.05, 4.69) is 21.4 Å². The van der Waals surface area contributed by atoms with Gasteiger partial charge in [0, 0.05) is 25.4 Å². The van der Waals surface area contributed by atoms with Crippen LogP contribution in [-0.2, 0) is 6.54 Å². The van der Waals surface area contributed by atoms with Crippen LogP contribution in [0, 0.1) is 18.8 Å². The van der Waals surface area contributed by atoms with Crippen molar-refractivity contribution in [1.29, 1.82) is 0 Å². The number of rotatable bonds is 4. The summed E-state index contributed by atoms with van der Waals surface area (Å²) in [4.78, 5) is 4.21. The Morgan fingerprint density at radius 3 is 2.90 bits per heavy atom. The van der Waals surface area contributed by atoms with E-state index < -0.39 is 0 Å². The number of ether oxygens (including phenoxy) is 1. The van der Waals surface area contributed by atoms with E-state index in [0.717, 1.165) is 29.2 Å². The molecule has 2 aromatic rings. The Kier molecular flexibility index (Phi) is 4.80.